The van der Waals surface area contributed by atoms with Crippen LogP contribution in [0.15, 0.2) is 30.6 Å². The van der Waals surface area contributed by atoms with Gasteiger partial charge in [-0.2, -0.15) is 4.98 Å². The number of methoxy groups -OCH3 is 1. The number of hydrogen-bond acceptors (Lipinski definition) is 7. The summed E-state index contributed by atoms with van der Waals surface area (Å²) in [5, 5.41) is 13.3. The number of hydrogen-bond donors (Lipinski definition) is 2. The summed E-state index contributed by atoms with van der Waals surface area (Å²) >= 11 is 0. The Kier molecular flexibility index (Phi) is 5.74. The average molecular weight is 424 g/mol. The largest absolute Gasteiger partial charge is 0.497 e. The predicted molar refractivity (Wildman–Crippen MR) is 118 cm³/mol. The molecule has 3 aromatic rings. The lowest BCUT2D eigenvalue weighted by Crippen LogP contribution is -2.29. The number of aliphatic hydroxyl groups excluding tert-OH is 1. The van der Waals surface area contributed by atoms with E-state index in [1.165, 1.54) is 0 Å². The Morgan fingerprint density at radius 1 is 1.06 bits per heavy atom. The summed E-state index contributed by atoms with van der Waals surface area (Å²) in [6.45, 7) is 0.760. The number of benzene rings is 1. The van der Waals surface area contributed by atoms with E-state index < -0.39 is 0 Å². The van der Waals surface area contributed by atoms with Gasteiger partial charge in [0.1, 0.15) is 23.2 Å². The molecule has 0 bridgehead atoms. The van der Waals surface area contributed by atoms with E-state index in [1.54, 1.807) is 7.11 Å². The van der Waals surface area contributed by atoms with Gasteiger partial charge in [-0.15, -0.1) is 0 Å². The van der Waals surface area contributed by atoms with E-state index >= 15 is 0 Å². The van der Waals surface area contributed by atoms with Crippen LogP contribution in [-0.2, 0) is 4.74 Å². The molecule has 164 valence electrons. The number of aliphatic hydroxyl groups is 1. The van der Waals surface area contributed by atoms with Gasteiger partial charge in [-0.3, -0.25) is 4.57 Å². The van der Waals surface area contributed by atoms with Crippen LogP contribution in [0.1, 0.15) is 51.2 Å². The zero-order valence-corrected chi connectivity index (χ0v) is 17.8. The SMILES string of the molecule is COc1ccc(-c2nc(NC3CCC(O)CC3)nc3c2ncn3C2CCCCO2)cc1. The molecule has 1 aromatic carbocycles. The minimum Gasteiger partial charge on any atom is -0.497 e. The highest BCUT2D eigenvalue weighted by atomic mass is 16.5. The van der Waals surface area contributed by atoms with Gasteiger partial charge in [0.25, 0.3) is 0 Å². The van der Waals surface area contributed by atoms with Crippen molar-refractivity contribution in [1.29, 1.82) is 0 Å². The lowest BCUT2D eigenvalue weighted by Gasteiger charge is -2.26. The summed E-state index contributed by atoms with van der Waals surface area (Å²) < 4.78 is 13.4. The Labute approximate surface area is 181 Å². The first-order chi connectivity index (χ1) is 15.2. The van der Waals surface area contributed by atoms with Gasteiger partial charge >= 0.3 is 0 Å². The number of nitrogens with one attached hydrogen (secondary N) is 1. The monoisotopic (exact) mass is 423 g/mol. The molecular weight excluding hydrogens is 394 g/mol. The van der Waals surface area contributed by atoms with Crippen molar-refractivity contribution in [2.75, 3.05) is 19.0 Å². The number of aromatic nitrogens is 4. The van der Waals surface area contributed by atoms with Crippen molar-refractivity contribution in [3.63, 3.8) is 0 Å². The molecule has 1 atom stereocenters. The van der Waals surface area contributed by atoms with E-state index in [9.17, 15) is 5.11 Å². The molecule has 1 saturated heterocycles. The summed E-state index contributed by atoms with van der Waals surface area (Å²) in [6.07, 6.45) is 8.19. The standard InChI is InChI=1S/C23H29N5O3/c1-30-18-11-5-15(6-12-18)20-21-22(28(14-24-21)19-4-2-3-13-31-19)27-23(26-20)25-16-7-9-17(29)10-8-16/h5-6,11-12,14,16-17,19,29H,2-4,7-10,13H2,1H3,(H,25,26,27). The summed E-state index contributed by atoms with van der Waals surface area (Å²) in [6, 6.07) is 8.11. The molecule has 1 aliphatic carbocycles. The third-order valence-electron chi connectivity index (χ3n) is 6.28. The van der Waals surface area contributed by atoms with Crippen LogP contribution in [0.2, 0.25) is 0 Å². The molecule has 0 radical (unpaired) electrons. The van der Waals surface area contributed by atoms with Gasteiger partial charge in [0.15, 0.2) is 5.65 Å². The van der Waals surface area contributed by atoms with Crippen LogP contribution >= 0.6 is 0 Å². The topological polar surface area (TPSA) is 94.3 Å². The fourth-order valence-corrected chi connectivity index (χ4v) is 4.49. The Morgan fingerprint density at radius 2 is 1.87 bits per heavy atom. The normalized spacial score (nSPS) is 24.3. The van der Waals surface area contributed by atoms with Gasteiger partial charge in [-0.05, 0) is 69.2 Å². The quantitative estimate of drug-likeness (QED) is 0.642. The van der Waals surface area contributed by atoms with Crippen LogP contribution in [0.5, 0.6) is 5.75 Å². The van der Waals surface area contributed by atoms with Crippen LogP contribution in [0, 0.1) is 0 Å². The highest BCUT2D eigenvalue weighted by Crippen LogP contribution is 2.32. The summed E-state index contributed by atoms with van der Waals surface area (Å²) in [4.78, 5) is 14.4. The molecule has 2 N–H and O–H groups in total. The molecule has 0 spiro atoms. The zero-order valence-electron chi connectivity index (χ0n) is 17.8. The van der Waals surface area contributed by atoms with Crippen molar-refractivity contribution in [2.45, 2.75) is 63.3 Å². The Balaban J connectivity index is 1.55. The smallest absolute Gasteiger partial charge is 0.225 e. The molecule has 31 heavy (non-hydrogen) atoms. The lowest BCUT2D eigenvalue weighted by molar-refractivity contribution is -0.0298. The first-order valence-corrected chi connectivity index (χ1v) is 11.2. The Bertz CT molecular complexity index is 1020. The second-order valence-corrected chi connectivity index (χ2v) is 8.42. The van der Waals surface area contributed by atoms with E-state index in [0.717, 1.165) is 79.7 Å². The number of anilines is 1. The van der Waals surface area contributed by atoms with E-state index in [4.69, 9.17) is 19.4 Å². The molecule has 1 saturated carbocycles. The highest BCUT2D eigenvalue weighted by molar-refractivity contribution is 5.88. The second kappa shape index (κ2) is 8.80. The van der Waals surface area contributed by atoms with Crippen molar-refractivity contribution in [3.05, 3.63) is 30.6 Å². The lowest BCUT2D eigenvalue weighted by atomic mass is 9.93. The van der Waals surface area contributed by atoms with Crippen molar-refractivity contribution in [1.82, 2.24) is 19.5 Å². The summed E-state index contributed by atoms with van der Waals surface area (Å²) in [5.74, 6) is 1.39. The molecule has 8 heteroatoms. The van der Waals surface area contributed by atoms with Crippen molar-refractivity contribution < 1.29 is 14.6 Å². The maximum absolute atomic E-state index is 9.83. The minimum absolute atomic E-state index is 0.0463. The van der Waals surface area contributed by atoms with Gasteiger partial charge in [0.2, 0.25) is 5.95 Å². The third kappa shape index (κ3) is 4.22. The number of ether oxygens (including phenoxy) is 2. The van der Waals surface area contributed by atoms with Gasteiger partial charge in [-0.1, -0.05) is 0 Å². The summed E-state index contributed by atoms with van der Waals surface area (Å²) in [7, 11) is 1.66. The van der Waals surface area contributed by atoms with Gasteiger partial charge in [-0.25, -0.2) is 9.97 Å². The Hall–Kier alpha value is -2.71. The van der Waals surface area contributed by atoms with Crippen molar-refractivity contribution in [3.8, 4) is 17.0 Å². The van der Waals surface area contributed by atoms with Crippen molar-refractivity contribution in [2.24, 2.45) is 0 Å². The number of imidazole rings is 1. The molecule has 8 nitrogen and oxygen atoms in total. The fourth-order valence-electron chi connectivity index (χ4n) is 4.49. The van der Waals surface area contributed by atoms with Crippen LogP contribution in [-0.4, -0.2) is 50.5 Å². The van der Waals surface area contributed by atoms with Crippen LogP contribution in [0.25, 0.3) is 22.4 Å². The van der Waals surface area contributed by atoms with E-state index in [2.05, 4.69) is 10.3 Å². The average Bonchev–Trinajstić information content (AvgIpc) is 3.25. The van der Waals surface area contributed by atoms with Crippen LogP contribution < -0.4 is 10.1 Å². The van der Waals surface area contributed by atoms with E-state index in [-0.39, 0.29) is 18.4 Å². The number of nitrogens with zero attached hydrogens (tertiary/aromatic N) is 4. The first-order valence-electron chi connectivity index (χ1n) is 11.2. The maximum atomic E-state index is 9.83. The minimum atomic E-state index is -0.193. The van der Waals surface area contributed by atoms with E-state index in [1.807, 2.05) is 35.2 Å². The summed E-state index contributed by atoms with van der Waals surface area (Å²) in [5.41, 5.74) is 3.31. The molecular formula is C23H29N5O3. The predicted octanol–water partition coefficient (Wildman–Crippen LogP) is 3.92. The zero-order chi connectivity index (χ0) is 21.2. The van der Waals surface area contributed by atoms with Gasteiger partial charge < -0.3 is 19.9 Å². The first kappa shape index (κ1) is 20.2. The third-order valence-corrected chi connectivity index (χ3v) is 6.28. The molecule has 2 aromatic heterocycles. The second-order valence-electron chi connectivity index (χ2n) is 8.42. The molecule has 1 unspecified atom stereocenters. The Morgan fingerprint density at radius 3 is 2.58 bits per heavy atom. The molecule has 1 aliphatic heterocycles. The van der Waals surface area contributed by atoms with Crippen molar-refractivity contribution >= 4 is 17.1 Å². The maximum Gasteiger partial charge on any atom is 0.225 e. The molecule has 2 aliphatic rings. The number of fused-ring (bicyclic) bond motifs is 1. The van der Waals surface area contributed by atoms with Gasteiger partial charge in [0, 0.05) is 18.2 Å². The molecule has 3 heterocycles. The van der Waals surface area contributed by atoms with Crippen LogP contribution in [0.3, 0.4) is 0 Å². The van der Waals surface area contributed by atoms with Crippen LogP contribution in [0.4, 0.5) is 5.95 Å². The number of rotatable bonds is 5. The fraction of sp³-hybridized carbons (Fsp3) is 0.522. The molecule has 5 rings (SSSR count). The van der Waals surface area contributed by atoms with Gasteiger partial charge in [0.05, 0.1) is 19.5 Å². The van der Waals surface area contributed by atoms with E-state index in [0.29, 0.717) is 5.95 Å². The molecule has 0 amide bonds. The molecule has 2 fully saturated rings. The highest BCUT2D eigenvalue weighted by Gasteiger charge is 2.24.